The lowest BCUT2D eigenvalue weighted by Crippen LogP contribution is -2.14. The van der Waals surface area contributed by atoms with Gasteiger partial charge in [0.25, 0.3) is 0 Å². The van der Waals surface area contributed by atoms with Crippen LogP contribution in [0.15, 0.2) is 29.4 Å². The molecule has 5 N–H and O–H groups in total. The molecule has 0 fully saturated rings. The summed E-state index contributed by atoms with van der Waals surface area (Å²) < 4.78 is 0. The summed E-state index contributed by atoms with van der Waals surface area (Å²) in [6.45, 7) is 4.24. The van der Waals surface area contributed by atoms with Gasteiger partial charge in [0.1, 0.15) is 0 Å². The number of nitrogen functional groups attached to an aromatic ring is 2. The van der Waals surface area contributed by atoms with E-state index in [9.17, 15) is 4.79 Å². The van der Waals surface area contributed by atoms with Crippen LogP contribution in [0.5, 0.6) is 0 Å². The predicted molar refractivity (Wildman–Crippen MR) is 88.5 cm³/mol. The summed E-state index contributed by atoms with van der Waals surface area (Å²) in [5.41, 5.74) is 12.9. The van der Waals surface area contributed by atoms with E-state index in [4.69, 9.17) is 11.5 Å². The summed E-state index contributed by atoms with van der Waals surface area (Å²) in [4.78, 5) is 23.4. The predicted octanol–water partition coefficient (Wildman–Crippen LogP) is 1.89. The Balaban J connectivity index is 1.90. The van der Waals surface area contributed by atoms with Crippen molar-refractivity contribution in [1.82, 2.24) is 15.0 Å². The normalized spacial score (nSPS) is 10.7. The van der Waals surface area contributed by atoms with Crippen molar-refractivity contribution < 1.29 is 4.79 Å². The van der Waals surface area contributed by atoms with Gasteiger partial charge in [0, 0.05) is 5.69 Å². The highest BCUT2D eigenvalue weighted by molar-refractivity contribution is 7.99. The maximum atomic E-state index is 11.9. The largest absolute Gasteiger partial charge is 0.368 e. The van der Waals surface area contributed by atoms with Crippen molar-refractivity contribution >= 4 is 35.3 Å². The van der Waals surface area contributed by atoms with Gasteiger partial charge >= 0.3 is 0 Å². The molecule has 0 atom stereocenters. The van der Waals surface area contributed by atoms with E-state index >= 15 is 0 Å². The van der Waals surface area contributed by atoms with E-state index in [1.165, 1.54) is 5.56 Å². The summed E-state index contributed by atoms with van der Waals surface area (Å²) in [5, 5.41) is 3.14. The third kappa shape index (κ3) is 4.59. The summed E-state index contributed by atoms with van der Waals surface area (Å²) in [6, 6.07) is 7.77. The van der Waals surface area contributed by atoms with Crippen molar-refractivity contribution in [2.45, 2.75) is 24.9 Å². The Kier molecular flexibility index (Phi) is 5.16. The molecule has 1 aromatic carbocycles. The number of anilines is 3. The molecular weight excluding hydrogens is 300 g/mol. The summed E-state index contributed by atoms with van der Waals surface area (Å²) in [7, 11) is 0. The molecule has 0 aliphatic rings. The first-order chi connectivity index (χ1) is 10.4. The molecular formula is C14H18N6OS. The minimum atomic E-state index is -0.153. The number of carbonyl (C=O) groups excluding carboxylic acids is 1. The standard InChI is InChI=1S/C14H18N6OS/c1-8(2)9-3-5-10(6-4-9)17-11(21)7-22-14-19-12(15)18-13(16)20-14/h3-6,8H,7H2,1-2H3,(H,17,21)(H4,15,16,18,19,20). The van der Waals surface area contributed by atoms with Crippen LogP contribution in [0.1, 0.15) is 25.3 Å². The Hall–Kier alpha value is -2.35. The van der Waals surface area contributed by atoms with Gasteiger partial charge in [0.15, 0.2) is 5.16 Å². The van der Waals surface area contributed by atoms with Crippen molar-refractivity contribution in [3.63, 3.8) is 0 Å². The second-order valence-electron chi connectivity index (χ2n) is 4.95. The Morgan fingerprint density at radius 2 is 1.73 bits per heavy atom. The van der Waals surface area contributed by atoms with Gasteiger partial charge in [-0.3, -0.25) is 4.79 Å². The maximum absolute atomic E-state index is 11.9. The average molecular weight is 318 g/mol. The first-order valence-corrected chi connectivity index (χ1v) is 7.72. The number of carbonyl (C=O) groups is 1. The fourth-order valence-corrected chi connectivity index (χ4v) is 2.38. The van der Waals surface area contributed by atoms with Crippen LogP contribution in [0.2, 0.25) is 0 Å². The molecule has 8 heteroatoms. The fraction of sp³-hybridized carbons (Fsp3) is 0.286. The van der Waals surface area contributed by atoms with Crippen LogP contribution in [-0.4, -0.2) is 26.6 Å². The van der Waals surface area contributed by atoms with Gasteiger partial charge in [-0.05, 0) is 23.6 Å². The average Bonchev–Trinajstić information content (AvgIpc) is 2.45. The zero-order valence-electron chi connectivity index (χ0n) is 12.4. The lowest BCUT2D eigenvalue weighted by Gasteiger charge is -2.08. The van der Waals surface area contributed by atoms with Crippen LogP contribution in [-0.2, 0) is 4.79 Å². The Morgan fingerprint density at radius 1 is 1.14 bits per heavy atom. The number of amides is 1. The maximum Gasteiger partial charge on any atom is 0.234 e. The number of benzene rings is 1. The van der Waals surface area contributed by atoms with Gasteiger partial charge in [0.05, 0.1) is 5.75 Å². The molecule has 1 heterocycles. The number of nitrogens with zero attached hydrogens (tertiary/aromatic N) is 3. The van der Waals surface area contributed by atoms with E-state index < -0.39 is 0 Å². The molecule has 22 heavy (non-hydrogen) atoms. The molecule has 0 radical (unpaired) electrons. The van der Waals surface area contributed by atoms with Crippen LogP contribution in [0.4, 0.5) is 17.6 Å². The monoisotopic (exact) mass is 318 g/mol. The van der Waals surface area contributed by atoms with Crippen LogP contribution < -0.4 is 16.8 Å². The molecule has 2 rings (SSSR count). The molecule has 0 unspecified atom stereocenters. The second kappa shape index (κ2) is 7.08. The number of aromatic nitrogens is 3. The highest BCUT2D eigenvalue weighted by Crippen LogP contribution is 2.18. The van der Waals surface area contributed by atoms with Crippen LogP contribution in [0, 0.1) is 0 Å². The summed E-state index contributed by atoms with van der Waals surface area (Å²) in [6.07, 6.45) is 0. The van der Waals surface area contributed by atoms with Gasteiger partial charge in [0.2, 0.25) is 17.8 Å². The topological polar surface area (TPSA) is 120 Å². The molecule has 0 bridgehead atoms. The first kappa shape index (κ1) is 16.0. The van der Waals surface area contributed by atoms with Crippen molar-refractivity contribution in [2.75, 3.05) is 22.5 Å². The smallest absolute Gasteiger partial charge is 0.234 e. The Morgan fingerprint density at radius 3 is 2.27 bits per heavy atom. The second-order valence-corrected chi connectivity index (χ2v) is 5.89. The number of rotatable bonds is 5. The van der Waals surface area contributed by atoms with E-state index in [0.29, 0.717) is 11.1 Å². The lowest BCUT2D eigenvalue weighted by molar-refractivity contribution is -0.113. The molecule has 2 aromatic rings. The molecule has 0 aliphatic carbocycles. The lowest BCUT2D eigenvalue weighted by atomic mass is 10.0. The molecule has 116 valence electrons. The van der Waals surface area contributed by atoms with E-state index in [1.807, 2.05) is 24.3 Å². The first-order valence-electron chi connectivity index (χ1n) is 6.73. The summed E-state index contributed by atoms with van der Waals surface area (Å²) in [5.74, 6) is 0.550. The van der Waals surface area contributed by atoms with Crippen LogP contribution >= 0.6 is 11.8 Å². The van der Waals surface area contributed by atoms with E-state index in [0.717, 1.165) is 17.4 Å². The van der Waals surface area contributed by atoms with E-state index in [-0.39, 0.29) is 23.6 Å². The number of hydrogen-bond donors (Lipinski definition) is 3. The Labute approximate surface area is 132 Å². The number of thioether (sulfide) groups is 1. The quantitative estimate of drug-likeness (QED) is 0.720. The highest BCUT2D eigenvalue weighted by atomic mass is 32.2. The molecule has 1 amide bonds. The van der Waals surface area contributed by atoms with Crippen molar-refractivity contribution in [1.29, 1.82) is 0 Å². The molecule has 1 aromatic heterocycles. The third-order valence-electron chi connectivity index (χ3n) is 2.84. The van der Waals surface area contributed by atoms with Gasteiger partial charge in [-0.15, -0.1) is 0 Å². The Bertz CT molecular complexity index is 639. The van der Waals surface area contributed by atoms with Crippen LogP contribution in [0.25, 0.3) is 0 Å². The summed E-state index contributed by atoms with van der Waals surface area (Å²) >= 11 is 1.15. The van der Waals surface area contributed by atoms with Gasteiger partial charge in [-0.2, -0.15) is 15.0 Å². The fourth-order valence-electron chi connectivity index (χ4n) is 1.73. The van der Waals surface area contributed by atoms with E-state index in [1.54, 1.807) is 0 Å². The number of nitrogens with two attached hydrogens (primary N) is 2. The van der Waals surface area contributed by atoms with Crippen molar-refractivity contribution in [3.05, 3.63) is 29.8 Å². The molecule has 0 saturated heterocycles. The van der Waals surface area contributed by atoms with Gasteiger partial charge < -0.3 is 16.8 Å². The molecule has 0 saturated carbocycles. The van der Waals surface area contributed by atoms with Crippen molar-refractivity contribution in [3.8, 4) is 0 Å². The van der Waals surface area contributed by atoms with Crippen molar-refractivity contribution in [2.24, 2.45) is 0 Å². The number of nitrogens with one attached hydrogen (secondary N) is 1. The molecule has 0 spiro atoms. The van der Waals surface area contributed by atoms with Gasteiger partial charge in [-0.1, -0.05) is 37.7 Å². The highest BCUT2D eigenvalue weighted by Gasteiger charge is 2.08. The SMILES string of the molecule is CC(C)c1ccc(NC(=O)CSc2nc(N)nc(N)n2)cc1. The zero-order chi connectivity index (χ0) is 16.1. The van der Waals surface area contributed by atoms with E-state index in [2.05, 4.69) is 34.1 Å². The zero-order valence-corrected chi connectivity index (χ0v) is 13.2. The minimum Gasteiger partial charge on any atom is -0.368 e. The third-order valence-corrected chi connectivity index (χ3v) is 3.69. The van der Waals surface area contributed by atoms with Gasteiger partial charge in [-0.25, -0.2) is 0 Å². The number of hydrogen-bond acceptors (Lipinski definition) is 7. The molecule has 0 aliphatic heterocycles. The minimum absolute atomic E-state index is 0.0414. The van der Waals surface area contributed by atoms with Crippen LogP contribution in [0.3, 0.4) is 0 Å². The molecule has 7 nitrogen and oxygen atoms in total.